The van der Waals surface area contributed by atoms with Crippen molar-refractivity contribution in [3.63, 3.8) is 0 Å². The van der Waals surface area contributed by atoms with E-state index in [1.807, 2.05) is 4.90 Å². The molecule has 3 nitrogen and oxygen atoms in total. The quantitative estimate of drug-likeness (QED) is 0.755. The molecular weight excluding hydrogens is 239 g/mol. The Balaban J connectivity index is 2.19. The molecule has 0 amide bonds. The lowest BCUT2D eigenvalue weighted by molar-refractivity contribution is -0.138. The zero-order valence-corrected chi connectivity index (χ0v) is 9.78. The Morgan fingerprint density at radius 1 is 1.12 bits per heavy atom. The largest absolute Gasteiger partial charge is 0.392 e. The van der Waals surface area contributed by atoms with Gasteiger partial charge in [0, 0.05) is 39.3 Å². The van der Waals surface area contributed by atoms with Crippen LogP contribution in [-0.4, -0.2) is 60.2 Å². The molecule has 0 aromatic heterocycles. The first kappa shape index (κ1) is 13.7. The van der Waals surface area contributed by atoms with Crippen molar-refractivity contribution in [3.05, 3.63) is 0 Å². The summed E-state index contributed by atoms with van der Waals surface area (Å²) in [5.41, 5.74) is 5.40. The average molecular weight is 255 g/mol. The Morgan fingerprint density at radius 2 is 1.62 bits per heavy atom. The van der Waals surface area contributed by atoms with Crippen LogP contribution in [0.4, 0.5) is 13.2 Å². The molecule has 0 spiro atoms. The molecule has 7 heteroatoms. The van der Waals surface area contributed by atoms with Crippen LogP contribution in [0.5, 0.6) is 0 Å². The van der Waals surface area contributed by atoms with Crippen LogP contribution in [0.15, 0.2) is 0 Å². The van der Waals surface area contributed by atoms with Crippen molar-refractivity contribution < 1.29 is 13.2 Å². The number of thiocarbonyl (C=S) groups is 1. The lowest BCUT2D eigenvalue weighted by atomic mass is 10.3. The van der Waals surface area contributed by atoms with E-state index in [0.29, 0.717) is 24.6 Å². The van der Waals surface area contributed by atoms with Gasteiger partial charge in [-0.05, 0) is 0 Å². The van der Waals surface area contributed by atoms with E-state index in [1.165, 1.54) is 0 Å². The van der Waals surface area contributed by atoms with Crippen LogP contribution in [-0.2, 0) is 0 Å². The van der Waals surface area contributed by atoms with Gasteiger partial charge >= 0.3 is 6.18 Å². The number of rotatable bonds is 4. The Kier molecular flexibility index (Phi) is 4.94. The van der Waals surface area contributed by atoms with Gasteiger partial charge in [0.1, 0.15) is 0 Å². The molecule has 1 fully saturated rings. The Labute approximate surface area is 98.4 Å². The van der Waals surface area contributed by atoms with Crippen molar-refractivity contribution >= 4 is 17.2 Å². The summed E-state index contributed by atoms with van der Waals surface area (Å²) in [4.78, 5) is 4.32. The second kappa shape index (κ2) is 5.79. The van der Waals surface area contributed by atoms with Gasteiger partial charge in [-0.3, -0.25) is 4.90 Å². The number of alkyl halides is 3. The molecule has 0 aromatic carbocycles. The second-order valence-corrected chi connectivity index (χ2v) is 4.47. The third-order valence-electron chi connectivity index (χ3n) is 2.56. The predicted molar refractivity (Wildman–Crippen MR) is 60.3 cm³/mol. The van der Waals surface area contributed by atoms with E-state index in [1.54, 1.807) is 0 Å². The number of nitrogens with two attached hydrogens (primary N) is 1. The van der Waals surface area contributed by atoms with E-state index >= 15 is 0 Å². The first-order valence-electron chi connectivity index (χ1n) is 5.16. The van der Waals surface area contributed by atoms with E-state index < -0.39 is 12.6 Å². The van der Waals surface area contributed by atoms with E-state index in [2.05, 4.69) is 4.90 Å². The Bertz CT molecular complexity index is 237. The lowest BCUT2D eigenvalue weighted by Crippen LogP contribution is -2.49. The van der Waals surface area contributed by atoms with Gasteiger partial charge in [0.05, 0.1) is 11.4 Å². The van der Waals surface area contributed by atoms with E-state index in [-0.39, 0.29) is 6.54 Å². The number of piperazine rings is 1. The number of hydrogen-bond donors (Lipinski definition) is 1. The van der Waals surface area contributed by atoms with Crippen molar-refractivity contribution in [2.24, 2.45) is 5.73 Å². The summed E-state index contributed by atoms with van der Waals surface area (Å²) >= 11 is 4.78. The lowest BCUT2D eigenvalue weighted by Gasteiger charge is -2.34. The van der Waals surface area contributed by atoms with Gasteiger partial charge < -0.3 is 10.6 Å². The van der Waals surface area contributed by atoms with Crippen molar-refractivity contribution in [1.82, 2.24) is 9.80 Å². The molecule has 16 heavy (non-hydrogen) atoms. The molecule has 0 aliphatic carbocycles. The molecule has 2 N–H and O–H groups in total. The SMILES string of the molecule is NC(=S)CN1CCN(CCC(F)(F)F)CC1. The fourth-order valence-electron chi connectivity index (χ4n) is 1.68. The molecule has 0 bridgehead atoms. The molecule has 1 heterocycles. The Hall–Kier alpha value is -0.400. The molecular formula is C9H16F3N3S. The summed E-state index contributed by atoms with van der Waals surface area (Å²) in [7, 11) is 0. The maximum absolute atomic E-state index is 12.0. The van der Waals surface area contributed by atoms with E-state index in [4.69, 9.17) is 18.0 Å². The van der Waals surface area contributed by atoms with Gasteiger partial charge in [0.25, 0.3) is 0 Å². The monoisotopic (exact) mass is 255 g/mol. The fourth-order valence-corrected chi connectivity index (χ4v) is 1.86. The highest BCUT2D eigenvalue weighted by Gasteiger charge is 2.28. The summed E-state index contributed by atoms with van der Waals surface area (Å²) in [5.74, 6) is 0. The minimum absolute atomic E-state index is 0.0877. The second-order valence-electron chi connectivity index (χ2n) is 3.95. The van der Waals surface area contributed by atoms with E-state index in [0.717, 1.165) is 13.1 Å². The summed E-state index contributed by atoms with van der Waals surface area (Å²) < 4.78 is 36.0. The van der Waals surface area contributed by atoms with Crippen LogP contribution in [0, 0.1) is 0 Å². The van der Waals surface area contributed by atoms with E-state index in [9.17, 15) is 13.2 Å². The molecule has 1 saturated heterocycles. The van der Waals surface area contributed by atoms with Crippen molar-refractivity contribution in [2.45, 2.75) is 12.6 Å². The van der Waals surface area contributed by atoms with Gasteiger partial charge in [0.15, 0.2) is 0 Å². The van der Waals surface area contributed by atoms with Crippen LogP contribution in [0.1, 0.15) is 6.42 Å². The predicted octanol–water partition coefficient (Wildman–Crippen LogP) is 0.843. The van der Waals surface area contributed by atoms with Crippen LogP contribution in [0.25, 0.3) is 0 Å². The third-order valence-corrected chi connectivity index (χ3v) is 2.68. The van der Waals surface area contributed by atoms with Crippen molar-refractivity contribution in [1.29, 1.82) is 0 Å². The molecule has 0 radical (unpaired) electrons. The molecule has 0 unspecified atom stereocenters. The molecule has 1 rings (SSSR count). The maximum atomic E-state index is 12.0. The minimum atomic E-state index is -4.06. The summed E-state index contributed by atoms with van der Waals surface area (Å²) in [6, 6.07) is 0. The Morgan fingerprint density at radius 3 is 2.06 bits per heavy atom. The van der Waals surface area contributed by atoms with Gasteiger partial charge in [-0.25, -0.2) is 0 Å². The summed E-state index contributed by atoms with van der Waals surface area (Å²) in [6.07, 6.45) is -4.79. The summed E-state index contributed by atoms with van der Waals surface area (Å²) in [6.45, 7) is 3.41. The molecule has 0 saturated carbocycles. The minimum Gasteiger partial charge on any atom is -0.392 e. The molecule has 94 valence electrons. The number of nitrogens with zero attached hydrogens (tertiary/aromatic N) is 2. The smallest absolute Gasteiger partial charge is 0.390 e. The maximum Gasteiger partial charge on any atom is 0.390 e. The molecule has 1 aliphatic heterocycles. The highest BCUT2D eigenvalue weighted by molar-refractivity contribution is 7.80. The fraction of sp³-hybridized carbons (Fsp3) is 0.889. The normalized spacial score (nSPS) is 19.9. The van der Waals surface area contributed by atoms with Gasteiger partial charge in [-0.1, -0.05) is 12.2 Å². The molecule has 1 aliphatic rings. The molecule has 0 aromatic rings. The van der Waals surface area contributed by atoms with Gasteiger partial charge in [-0.2, -0.15) is 13.2 Å². The highest BCUT2D eigenvalue weighted by atomic mass is 32.1. The molecule has 0 atom stereocenters. The average Bonchev–Trinajstić information content (AvgIpc) is 2.14. The van der Waals surface area contributed by atoms with Gasteiger partial charge in [-0.15, -0.1) is 0 Å². The standard InChI is InChI=1S/C9H16F3N3S/c10-9(11,12)1-2-14-3-5-15(6-4-14)7-8(13)16/h1-7H2,(H2,13,16). The first-order chi connectivity index (χ1) is 7.37. The van der Waals surface area contributed by atoms with Crippen LogP contribution in [0.3, 0.4) is 0 Å². The zero-order valence-electron chi connectivity index (χ0n) is 8.96. The first-order valence-corrected chi connectivity index (χ1v) is 5.57. The van der Waals surface area contributed by atoms with Crippen LogP contribution >= 0.6 is 12.2 Å². The van der Waals surface area contributed by atoms with Crippen molar-refractivity contribution in [2.75, 3.05) is 39.3 Å². The topological polar surface area (TPSA) is 32.5 Å². The summed E-state index contributed by atoms with van der Waals surface area (Å²) in [5, 5.41) is 0. The zero-order chi connectivity index (χ0) is 12.2. The van der Waals surface area contributed by atoms with Crippen molar-refractivity contribution in [3.8, 4) is 0 Å². The number of hydrogen-bond acceptors (Lipinski definition) is 3. The highest BCUT2D eigenvalue weighted by Crippen LogP contribution is 2.20. The van der Waals surface area contributed by atoms with Crippen LogP contribution in [0.2, 0.25) is 0 Å². The van der Waals surface area contributed by atoms with Gasteiger partial charge in [0.2, 0.25) is 0 Å². The number of halogens is 3. The third kappa shape index (κ3) is 5.62. The van der Waals surface area contributed by atoms with Crippen LogP contribution < -0.4 is 5.73 Å².